The van der Waals surface area contributed by atoms with Crippen LogP contribution < -0.4 is 10.2 Å². The number of benzene rings is 2. The van der Waals surface area contributed by atoms with Gasteiger partial charge in [0.25, 0.3) is 0 Å². The lowest BCUT2D eigenvalue weighted by Gasteiger charge is -2.20. The fourth-order valence-electron chi connectivity index (χ4n) is 3.45. The summed E-state index contributed by atoms with van der Waals surface area (Å²) in [5.74, 6) is 1.60. The van der Waals surface area contributed by atoms with E-state index in [2.05, 4.69) is 77.6 Å². The zero-order valence-electron chi connectivity index (χ0n) is 14.9. The van der Waals surface area contributed by atoms with E-state index < -0.39 is 0 Å². The quantitative estimate of drug-likeness (QED) is 0.746. The van der Waals surface area contributed by atoms with E-state index >= 15 is 0 Å². The molecular weight excluding hydrogens is 308 g/mol. The van der Waals surface area contributed by atoms with Gasteiger partial charge in [-0.05, 0) is 49.9 Å². The lowest BCUT2D eigenvalue weighted by atomic mass is 10.1. The highest BCUT2D eigenvalue weighted by Crippen LogP contribution is 2.34. The van der Waals surface area contributed by atoms with Crippen LogP contribution in [0.4, 0.5) is 23.1 Å². The summed E-state index contributed by atoms with van der Waals surface area (Å²) < 4.78 is 0. The summed E-state index contributed by atoms with van der Waals surface area (Å²) in [5, 5.41) is 3.42. The van der Waals surface area contributed by atoms with Crippen molar-refractivity contribution in [3.63, 3.8) is 0 Å². The van der Waals surface area contributed by atoms with Gasteiger partial charge in [0.1, 0.15) is 5.82 Å². The van der Waals surface area contributed by atoms with Crippen LogP contribution in [0.25, 0.3) is 0 Å². The number of fused-ring (bicyclic) bond motifs is 1. The SMILES string of the molecule is Cc1cc(N2CCc3ccccc32)nc(Nc2c(C)cccc2C)n1. The van der Waals surface area contributed by atoms with Gasteiger partial charge in [0.2, 0.25) is 5.95 Å². The minimum atomic E-state index is 0.650. The molecule has 0 spiro atoms. The number of nitrogens with one attached hydrogen (secondary N) is 1. The third-order valence-corrected chi connectivity index (χ3v) is 4.72. The molecule has 4 heteroatoms. The maximum Gasteiger partial charge on any atom is 0.229 e. The molecule has 2 aromatic carbocycles. The van der Waals surface area contributed by atoms with Crippen LogP contribution in [0.15, 0.2) is 48.5 Å². The Hall–Kier alpha value is -2.88. The molecule has 0 radical (unpaired) electrons. The Balaban J connectivity index is 1.71. The third kappa shape index (κ3) is 2.95. The number of nitrogens with zero attached hydrogens (tertiary/aromatic N) is 3. The number of aryl methyl sites for hydroxylation is 3. The second-order valence-electron chi connectivity index (χ2n) is 6.61. The fraction of sp³-hybridized carbons (Fsp3) is 0.238. The van der Waals surface area contributed by atoms with Gasteiger partial charge in [-0.25, -0.2) is 4.98 Å². The Morgan fingerprint density at radius 1 is 0.920 bits per heavy atom. The normalized spacial score (nSPS) is 13.0. The molecule has 0 fully saturated rings. The number of aromatic nitrogens is 2. The van der Waals surface area contributed by atoms with E-state index in [1.54, 1.807) is 0 Å². The van der Waals surface area contributed by atoms with Gasteiger partial charge in [-0.2, -0.15) is 4.98 Å². The van der Waals surface area contributed by atoms with Gasteiger partial charge < -0.3 is 10.2 Å². The van der Waals surface area contributed by atoms with E-state index in [9.17, 15) is 0 Å². The van der Waals surface area contributed by atoms with Crippen molar-refractivity contribution >= 4 is 23.1 Å². The smallest absolute Gasteiger partial charge is 0.229 e. The topological polar surface area (TPSA) is 41.1 Å². The second kappa shape index (κ2) is 6.20. The molecule has 126 valence electrons. The monoisotopic (exact) mass is 330 g/mol. The maximum atomic E-state index is 4.80. The van der Waals surface area contributed by atoms with E-state index in [1.165, 1.54) is 22.4 Å². The molecule has 0 saturated heterocycles. The van der Waals surface area contributed by atoms with Crippen molar-refractivity contribution in [1.29, 1.82) is 0 Å². The third-order valence-electron chi connectivity index (χ3n) is 4.72. The minimum absolute atomic E-state index is 0.650. The van der Waals surface area contributed by atoms with Gasteiger partial charge >= 0.3 is 0 Å². The first-order valence-electron chi connectivity index (χ1n) is 8.66. The van der Waals surface area contributed by atoms with Gasteiger partial charge in [0, 0.05) is 29.7 Å². The maximum absolute atomic E-state index is 4.80. The average molecular weight is 330 g/mol. The summed E-state index contributed by atoms with van der Waals surface area (Å²) in [5.41, 5.74) is 7.06. The summed E-state index contributed by atoms with van der Waals surface area (Å²) in [6, 6.07) is 16.9. The number of anilines is 4. The summed E-state index contributed by atoms with van der Waals surface area (Å²) in [7, 11) is 0. The Morgan fingerprint density at radius 2 is 1.68 bits per heavy atom. The summed E-state index contributed by atoms with van der Waals surface area (Å²) >= 11 is 0. The lowest BCUT2D eigenvalue weighted by Crippen LogP contribution is -2.16. The first-order chi connectivity index (χ1) is 12.1. The van der Waals surface area contributed by atoms with Crippen molar-refractivity contribution in [3.8, 4) is 0 Å². The van der Waals surface area contributed by atoms with Gasteiger partial charge in [0.15, 0.2) is 0 Å². The Morgan fingerprint density at radius 3 is 2.48 bits per heavy atom. The molecule has 0 atom stereocenters. The number of rotatable bonds is 3. The van der Waals surface area contributed by atoms with E-state index in [4.69, 9.17) is 4.98 Å². The number of hydrogen-bond acceptors (Lipinski definition) is 4. The van der Waals surface area contributed by atoms with Crippen LogP contribution in [-0.4, -0.2) is 16.5 Å². The van der Waals surface area contributed by atoms with Crippen LogP contribution in [0.1, 0.15) is 22.4 Å². The van der Waals surface area contributed by atoms with E-state index in [0.717, 1.165) is 30.2 Å². The van der Waals surface area contributed by atoms with Gasteiger partial charge in [-0.15, -0.1) is 0 Å². The van der Waals surface area contributed by atoms with Crippen molar-refractivity contribution in [3.05, 3.63) is 70.9 Å². The van der Waals surface area contributed by atoms with Crippen LogP contribution in [-0.2, 0) is 6.42 Å². The molecule has 0 saturated carbocycles. The first-order valence-corrected chi connectivity index (χ1v) is 8.66. The Bertz CT molecular complexity index is 913. The Kier molecular flexibility index (Phi) is 3.88. The molecule has 2 heterocycles. The molecule has 0 aliphatic carbocycles. The van der Waals surface area contributed by atoms with Crippen molar-refractivity contribution < 1.29 is 0 Å². The molecular formula is C21H22N4. The Labute approximate surface area is 148 Å². The molecule has 4 rings (SSSR count). The molecule has 25 heavy (non-hydrogen) atoms. The highest BCUT2D eigenvalue weighted by atomic mass is 15.2. The van der Waals surface area contributed by atoms with Crippen molar-refractivity contribution in [1.82, 2.24) is 9.97 Å². The van der Waals surface area contributed by atoms with E-state index in [1.807, 2.05) is 6.92 Å². The van der Waals surface area contributed by atoms with Gasteiger partial charge in [0.05, 0.1) is 0 Å². The molecule has 1 aliphatic rings. The largest absolute Gasteiger partial charge is 0.326 e. The van der Waals surface area contributed by atoms with Crippen molar-refractivity contribution in [2.24, 2.45) is 0 Å². The standard InChI is InChI=1S/C21H22N4/c1-14-7-6-8-15(2)20(14)24-21-22-16(3)13-19(23-21)25-12-11-17-9-4-5-10-18(17)25/h4-10,13H,11-12H2,1-3H3,(H,22,23,24). The molecule has 1 aromatic heterocycles. The number of hydrogen-bond donors (Lipinski definition) is 1. The number of para-hydroxylation sites is 2. The van der Waals surface area contributed by atoms with Crippen LogP contribution in [0.5, 0.6) is 0 Å². The fourth-order valence-corrected chi connectivity index (χ4v) is 3.45. The van der Waals surface area contributed by atoms with Crippen molar-refractivity contribution in [2.75, 3.05) is 16.8 Å². The van der Waals surface area contributed by atoms with Crippen LogP contribution >= 0.6 is 0 Å². The first kappa shape index (κ1) is 15.6. The summed E-state index contributed by atoms with van der Waals surface area (Å²) in [4.78, 5) is 11.7. The predicted molar refractivity (Wildman–Crippen MR) is 103 cm³/mol. The molecule has 0 bridgehead atoms. The molecule has 0 amide bonds. The molecule has 4 nitrogen and oxygen atoms in total. The summed E-state index contributed by atoms with van der Waals surface area (Å²) in [6.45, 7) is 7.17. The minimum Gasteiger partial charge on any atom is -0.326 e. The highest BCUT2D eigenvalue weighted by Gasteiger charge is 2.21. The van der Waals surface area contributed by atoms with Gasteiger partial charge in [-0.3, -0.25) is 0 Å². The van der Waals surface area contributed by atoms with Crippen LogP contribution in [0, 0.1) is 20.8 Å². The van der Waals surface area contributed by atoms with Crippen LogP contribution in [0.2, 0.25) is 0 Å². The summed E-state index contributed by atoms with van der Waals surface area (Å²) in [6.07, 6.45) is 1.05. The molecule has 1 aliphatic heterocycles. The van der Waals surface area contributed by atoms with E-state index in [-0.39, 0.29) is 0 Å². The lowest BCUT2D eigenvalue weighted by molar-refractivity contribution is 0.959. The zero-order valence-corrected chi connectivity index (χ0v) is 14.9. The zero-order chi connectivity index (χ0) is 17.4. The van der Waals surface area contributed by atoms with Gasteiger partial charge in [-0.1, -0.05) is 36.4 Å². The van der Waals surface area contributed by atoms with Crippen molar-refractivity contribution in [2.45, 2.75) is 27.2 Å². The van der Waals surface area contributed by atoms with E-state index in [0.29, 0.717) is 5.95 Å². The van der Waals surface area contributed by atoms with Crippen LogP contribution in [0.3, 0.4) is 0 Å². The molecule has 0 unspecified atom stereocenters. The average Bonchev–Trinajstić information content (AvgIpc) is 3.02. The predicted octanol–water partition coefficient (Wildman–Crippen LogP) is 4.84. The second-order valence-corrected chi connectivity index (χ2v) is 6.61. The molecule has 1 N–H and O–H groups in total. The molecule has 3 aromatic rings. The highest BCUT2D eigenvalue weighted by molar-refractivity contribution is 5.69.